The first-order valence-electron chi connectivity index (χ1n) is 6.70. The van der Waals surface area contributed by atoms with Gasteiger partial charge in [0.15, 0.2) is 0 Å². The maximum Gasteiger partial charge on any atom is 0.231 e. The standard InChI is InChI=1S/C14H17FN2O2/c15-11-3-4-12-13(8-11)19-7-6-17(12)14(18)10-2-1-5-16-9-10/h3-4,8,10,16H,1-2,5-7,9H2. The van der Waals surface area contributed by atoms with Gasteiger partial charge in [0.2, 0.25) is 5.91 Å². The molecule has 0 aromatic heterocycles. The lowest BCUT2D eigenvalue weighted by molar-refractivity contribution is -0.123. The second-order valence-electron chi connectivity index (χ2n) is 4.99. The third kappa shape index (κ3) is 2.42. The summed E-state index contributed by atoms with van der Waals surface area (Å²) in [4.78, 5) is 14.3. The van der Waals surface area contributed by atoms with Crippen LogP contribution in [0.5, 0.6) is 5.75 Å². The maximum atomic E-state index is 13.2. The summed E-state index contributed by atoms with van der Waals surface area (Å²) < 4.78 is 18.6. The highest BCUT2D eigenvalue weighted by atomic mass is 19.1. The van der Waals surface area contributed by atoms with Crippen molar-refractivity contribution in [2.24, 2.45) is 5.92 Å². The number of ether oxygens (including phenoxy) is 1. The zero-order chi connectivity index (χ0) is 13.2. The van der Waals surface area contributed by atoms with Crippen LogP contribution >= 0.6 is 0 Å². The zero-order valence-electron chi connectivity index (χ0n) is 10.7. The first-order chi connectivity index (χ1) is 9.25. The fraction of sp³-hybridized carbons (Fsp3) is 0.500. The largest absolute Gasteiger partial charge is 0.489 e. The smallest absolute Gasteiger partial charge is 0.231 e. The number of hydrogen-bond acceptors (Lipinski definition) is 3. The van der Waals surface area contributed by atoms with Crippen LogP contribution in [-0.2, 0) is 4.79 Å². The van der Waals surface area contributed by atoms with Crippen molar-refractivity contribution in [2.75, 3.05) is 31.1 Å². The summed E-state index contributed by atoms with van der Waals surface area (Å²) in [6.07, 6.45) is 1.94. The molecule has 4 nitrogen and oxygen atoms in total. The van der Waals surface area contributed by atoms with Gasteiger partial charge < -0.3 is 15.0 Å². The Balaban J connectivity index is 1.84. The van der Waals surface area contributed by atoms with Gasteiger partial charge in [0.05, 0.1) is 18.2 Å². The fourth-order valence-corrected chi connectivity index (χ4v) is 2.71. The fourth-order valence-electron chi connectivity index (χ4n) is 2.71. The number of carbonyl (C=O) groups is 1. The van der Waals surface area contributed by atoms with E-state index in [0.29, 0.717) is 24.6 Å². The van der Waals surface area contributed by atoms with Crippen molar-refractivity contribution in [3.63, 3.8) is 0 Å². The van der Waals surface area contributed by atoms with Crippen LogP contribution in [0.4, 0.5) is 10.1 Å². The lowest BCUT2D eigenvalue weighted by atomic mass is 9.97. The topological polar surface area (TPSA) is 41.6 Å². The van der Waals surface area contributed by atoms with E-state index in [-0.39, 0.29) is 17.6 Å². The molecule has 2 heterocycles. The molecule has 1 aromatic rings. The molecule has 1 atom stereocenters. The second kappa shape index (κ2) is 5.17. The van der Waals surface area contributed by atoms with Gasteiger partial charge in [-0.1, -0.05) is 0 Å². The molecule has 0 bridgehead atoms. The number of fused-ring (bicyclic) bond motifs is 1. The van der Waals surface area contributed by atoms with Crippen molar-refractivity contribution >= 4 is 11.6 Å². The van der Waals surface area contributed by atoms with Crippen molar-refractivity contribution in [3.8, 4) is 5.75 Å². The number of anilines is 1. The van der Waals surface area contributed by atoms with E-state index in [4.69, 9.17) is 4.74 Å². The van der Waals surface area contributed by atoms with Crippen LogP contribution in [0, 0.1) is 11.7 Å². The molecule has 1 N–H and O–H groups in total. The zero-order valence-corrected chi connectivity index (χ0v) is 10.7. The van der Waals surface area contributed by atoms with Gasteiger partial charge in [-0.15, -0.1) is 0 Å². The third-order valence-corrected chi connectivity index (χ3v) is 3.70. The Bertz CT molecular complexity index is 486. The Morgan fingerprint density at radius 3 is 3.16 bits per heavy atom. The Kier molecular flexibility index (Phi) is 3.38. The minimum Gasteiger partial charge on any atom is -0.489 e. The summed E-state index contributed by atoms with van der Waals surface area (Å²) >= 11 is 0. The molecule has 5 heteroatoms. The van der Waals surface area contributed by atoms with E-state index in [1.807, 2.05) is 0 Å². The Hall–Kier alpha value is -1.62. The normalized spacial score (nSPS) is 22.6. The van der Waals surface area contributed by atoms with Crippen LogP contribution in [0.1, 0.15) is 12.8 Å². The highest BCUT2D eigenvalue weighted by Crippen LogP contribution is 2.33. The molecule has 102 valence electrons. The number of nitrogens with zero attached hydrogens (tertiary/aromatic N) is 1. The lowest BCUT2D eigenvalue weighted by Gasteiger charge is -2.33. The van der Waals surface area contributed by atoms with Crippen molar-refractivity contribution in [3.05, 3.63) is 24.0 Å². The molecule has 1 aromatic carbocycles. The van der Waals surface area contributed by atoms with Crippen LogP contribution < -0.4 is 15.0 Å². The van der Waals surface area contributed by atoms with E-state index in [1.165, 1.54) is 12.1 Å². The van der Waals surface area contributed by atoms with Gasteiger partial charge in [0.25, 0.3) is 0 Å². The number of benzene rings is 1. The molecule has 0 aliphatic carbocycles. The number of halogens is 1. The first-order valence-corrected chi connectivity index (χ1v) is 6.70. The van der Waals surface area contributed by atoms with Crippen LogP contribution in [0.2, 0.25) is 0 Å². The van der Waals surface area contributed by atoms with Gasteiger partial charge in [0, 0.05) is 12.6 Å². The quantitative estimate of drug-likeness (QED) is 0.836. The lowest BCUT2D eigenvalue weighted by Crippen LogP contribution is -2.46. The predicted octanol–water partition coefficient (Wildman–Crippen LogP) is 1.55. The molecule has 1 unspecified atom stereocenters. The summed E-state index contributed by atoms with van der Waals surface area (Å²) in [6, 6.07) is 4.33. The molecule has 1 amide bonds. The summed E-state index contributed by atoms with van der Waals surface area (Å²) in [5, 5.41) is 3.25. The maximum absolute atomic E-state index is 13.2. The van der Waals surface area contributed by atoms with Crippen LogP contribution in [0.25, 0.3) is 0 Å². The first kappa shape index (κ1) is 12.4. The minimum atomic E-state index is -0.340. The van der Waals surface area contributed by atoms with Crippen molar-refractivity contribution in [1.82, 2.24) is 5.32 Å². The number of carbonyl (C=O) groups excluding carboxylic acids is 1. The van der Waals surface area contributed by atoms with Gasteiger partial charge in [-0.2, -0.15) is 0 Å². The molecule has 0 radical (unpaired) electrons. The molecule has 3 rings (SSSR count). The highest BCUT2D eigenvalue weighted by molar-refractivity contribution is 5.97. The number of hydrogen-bond donors (Lipinski definition) is 1. The molecular weight excluding hydrogens is 247 g/mol. The van der Waals surface area contributed by atoms with E-state index in [2.05, 4.69) is 5.32 Å². The monoisotopic (exact) mass is 264 g/mol. The molecule has 1 fully saturated rings. The number of amides is 1. The average molecular weight is 264 g/mol. The van der Waals surface area contributed by atoms with E-state index in [1.54, 1.807) is 11.0 Å². The van der Waals surface area contributed by atoms with Gasteiger partial charge in [-0.3, -0.25) is 4.79 Å². The minimum absolute atomic E-state index is 0.0183. The molecule has 0 spiro atoms. The summed E-state index contributed by atoms with van der Waals surface area (Å²) in [7, 11) is 0. The number of piperidine rings is 1. The van der Waals surface area contributed by atoms with Gasteiger partial charge in [-0.25, -0.2) is 4.39 Å². The molecule has 2 aliphatic heterocycles. The van der Waals surface area contributed by atoms with Crippen molar-refractivity contribution < 1.29 is 13.9 Å². The van der Waals surface area contributed by atoms with Crippen LogP contribution in [0.3, 0.4) is 0 Å². The molecule has 19 heavy (non-hydrogen) atoms. The Labute approximate surface area is 111 Å². The van der Waals surface area contributed by atoms with Crippen molar-refractivity contribution in [2.45, 2.75) is 12.8 Å². The van der Waals surface area contributed by atoms with E-state index in [0.717, 1.165) is 25.9 Å². The highest BCUT2D eigenvalue weighted by Gasteiger charge is 2.30. The molecular formula is C14H17FN2O2. The average Bonchev–Trinajstić information content (AvgIpc) is 2.46. The SMILES string of the molecule is O=C(C1CCCNC1)N1CCOc2cc(F)ccc21. The molecule has 0 saturated carbocycles. The van der Waals surface area contributed by atoms with Gasteiger partial charge in [0.1, 0.15) is 18.2 Å². The van der Waals surface area contributed by atoms with Crippen LogP contribution in [-0.4, -0.2) is 32.1 Å². The Morgan fingerprint density at radius 2 is 2.37 bits per heavy atom. The molecule has 1 saturated heterocycles. The van der Waals surface area contributed by atoms with Gasteiger partial charge >= 0.3 is 0 Å². The summed E-state index contributed by atoms with van der Waals surface area (Å²) in [5.41, 5.74) is 0.684. The predicted molar refractivity (Wildman–Crippen MR) is 69.8 cm³/mol. The third-order valence-electron chi connectivity index (χ3n) is 3.70. The summed E-state index contributed by atoms with van der Waals surface area (Å²) in [6.45, 7) is 2.66. The summed E-state index contributed by atoms with van der Waals surface area (Å²) in [5.74, 6) is 0.254. The van der Waals surface area contributed by atoms with E-state index >= 15 is 0 Å². The Morgan fingerprint density at radius 1 is 1.47 bits per heavy atom. The number of rotatable bonds is 1. The van der Waals surface area contributed by atoms with Crippen LogP contribution in [0.15, 0.2) is 18.2 Å². The number of nitrogens with one attached hydrogen (secondary N) is 1. The van der Waals surface area contributed by atoms with Crippen molar-refractivity contribution in [1.29, 1.82) is 0 Å². The van der Waals surface area contributed by atoms with Gasteiger partial charge in [-0.05, 0) is 31.5 Å². The second-order valence-corrected chi connectivity index (χ2v) is 4.99. The van der Waals surface area contributed by atoms with E-state index < -0.39 is 0 Å². The molecule has 2 aliphatic rings. The van der Waals surface area contributed by atoms with E-state index in [9.17, 15) is 9.18 Å².